The Balaban J connectivity index is 1.94. The van der Waals surface area contributed by atoms with Gasteiger partial charge < -0.3 is 5.32 Å². The highest BCUT2D eigenvalue weighted by atomic mass is 32.2. The molecule has 0 bridgehead atoms. The molecule has 0 aromatic heterocycles. The summed E-state index contributed by atoms with van der Waals surface area (Å²) in [5, 5.41) is 3.57. The third-order valence-corrected chi connectivity index (χ3v) is 5.64. The summed E-state index contributed by atoms with van der Waals surface area (Å²) in [5.74, 6) is 1.00. The summed E-state index contributed by atoms with van der Waals surface area (Å²) in [7, 11) is -3.04. The molecular formula is C13H17NO2S. The van der Waals surface area contributed by atoms with Gasteiger partial charge in [-0.05, 0) is 30.4 Å². The summed E-state index contributed by atoms with van der Waals surface area (Å²) >= 11 is 0. The lowest BCUT2D eigenvalue weighted by atomic mass is 10.0. The Morgan fingerprint density at radius 3 is 2.71 bits per heavy atom. The Morgan fingerprint density at radius 1 is 1.29 bits per heavy atom. The van der Waals surface area contributed by atoms with Crippen LogP contribution in [0.2, 0.25) is 0 Å². The van der Waals surface area contributed by atoms with E-state index in [1.165, 1.54) is 6.42 Å². The maximum Gasteiger partial charge on any atom is 0.178 e. The third-order valence-electron chi connectivity index (χ3n) is 3.83. The van der Waals surface area contributed by atoms with Crippen LogP contribution in [-0.4, -0.2) is 20.2 Å². The molecule has 1 fully saturated rings. The van der Waals surface area contributed by atoms with Crippen LogP contribution in [0.4, 0.5) is 0 Å². The van der Waals surface area contributed by atoms with Crippen molar-refractivity contribution in [2.45, 2.75) is 36.7 Å². The van der Waals surface area contributed by atoms with Crippen molar-refractivity contribution in [3.8, 4) is 0 Å². The van der Waals surface area contributed by atoms with Crippen LogP contribution in [0.3, 0.4) is 0 Å². The van der Waals surface area contributed by atoms with Gasteiger partial charge >= 0.3 is 0 Å². The van der Waals surface area contributed by atoms with Gasteiger partial charge in [0.1, 0.15) is 0 Å². The van der Waals surface area contributed by atoms with Crippen molar-refractivity contribution in [2.75, 3.05) is 5.75 Å². The topological polar surface area (TPSA) is 46.2 Å². The fourth-order valence-corrected chi connectivity index (χ4v) is 4.20. The highest BCUT2D eigenvalue weighted by molar-refractivity contribution is 7.91. The summed E-state index contributed by atoms with van der Waals surface area (Å²) in [6, 6.07) is 8.19. The Labute approximate surface area is 102 Å². The molecule has 1 aliphatic carbocycles. The van der Waals surface area contributed by atoms with E-state index < -0.39 is 9.84 Å². The quantitative estimate of drug-likeness (QED) is 0.873. The normalized spacial score (nSPS) is 34.1. The van der Waals surface area contributed by atoms with Gasteiger partial charge in [0.15, 0.2) is 9.84 Å². The summed E-state index contributed by atoms with van der Waals surface area (Å²) in [5.41, 5.74) is 0.956. The van der Waals surface area contributed by atoms with E-state index in [1.807, 2.05) is 12.1 Å². The van der Waals surface area contributed by atoms with E-state index in [-0.39, 0.29) is 11.8 Å². The van der Waals surface area contributed by atoms with Gasteiger partial charge in [-0.3, -0.25) is 0 Å². The Hall–Kier alpha value is -0.870. The first-order valence-electron chi connectivity index (χ1n) is 6.15. The second-order valence-electron chi connectivity index (χ2n) is 5.18. The molecule has 0 spiro atoms. The minimum atomic E-state index is -3.04. The van der Waals surface area contributed by atoms with Crippen molar-refractivity contribution in [1.29, 1.82) is 0 Å². The van der Waals surface area contributed by atoms with Gasteiger partial charge in [-0.2, -0.15) is 0 Å². The lowest BCUT2D eigenvalue weighted by Gasteiger charge is -2.26. The number of rotatable bonds is 2. The predicted octanol–water partition coefficient (Wildman–Crippen LogP) is 1.90. The molecule has 92 valence electrons. The lowest BCUT2D eigenvalue weighted by Crippen LogP contribution is -2.31. The van der Waals surface area contributed by atoms with E-state index >= 15 is 0 Å². The minimum Gasteiger partial charge on any atom is -0.307 e. The van der Waals surface area contributed by atoms with Gasteiger partial charge in [0.2, 0.25) is 0 Å². The average molecular weight is 251 g/mol. The maximum atomic E-state index is 12.0. The molecule has 3 nitrogen and oxygen atoms in total. The third kappa shape index (κ3) is 2.00. The molecule has 1 N–H and O–H groups in total. The van der Waals surface area contributed by atoms with Gasteiger partial charge in [-0.1, -0.05) is 25.1 Å². The molecule has 1 aromatic rings. The van der Waals surface area contributed by atoms with Crippen molar-refractivity contribution in [3.05, 3.63) is 29.8 Å². The predicted molar refractivity (Wildman–Crippen MR) is 66.6 cm³/mol. The first kappa shape index (κ1) is 11.2. The zero-order valence-electron chi connectivity index (χ0n) is 9.89. The van der Waals surface area contributed by atoms with E-state index in [1.54, 1.807) is 12.1 Å². The molecular weight excluding hydrogens is 234 g/mol. The van der Waals surface area contributed by atoms with E-state index in [4.69, 9.17) is 0 Å². The number of sulfone groups is 1. The molecule has 2 aliphatic rings. The van der Waals surface area contributed by atoms with Crippen molar-refractivity contribution >= 4 is 9.84 Å². The van der Waals surface area contributed by atoms with Gasteiger partial charge in [-0.25, -0.2) is 8.42 Å². The van der Waals surface area contributed by atoms with Crippen molar-refractivity contribution in [1.82, 2.24) is 5.32 Å². The Morgan fingerprint density at radius 2 is 2.00 bits per heavy atom. The summed E-state index contributed by atoms with van der Waals surface area (Å²) in [4.78, 5) is 0.525. The van der Waals surface area contributed by atoms with Crippen LogP contribution in [-0.2, 0) is 9.84 Å². The molecule has 0 amide bonds. The second kappa shape index (κ2) is 3.82. The van der Waals surface area contributed by atoms with Crippen LogP contribution in [0.5, 0.6) is 0 Å². The highest BCUT2D eigenvalue weighted by Gasteiger charge is 2.37. The molecule has 3 atom stereocenters. The molecule has 4 heteroatoms. The van der Waals surface area contributed by atoms with Crippen LogP contribution >= 0.6 is 0 Å². The maximum absolute atomic E-state index is 12.0. The van der Waals surface area contributed by atoms with Crippen LogP contribution in [0.1, 0.15) is 31.4 Å². The van der Waals surface area contributed by atoms with Crippen LogP contribution in [0.15, 0.2) is 29.2 Å². The number of benzene rings is 1. The van der Waals surface area contributed by atoms with Crippen LogP contribution in [0.25, 0.3) is 0 Å². The fourth-order valence-electron chi connectivity index (χ4n) is 2.58. The van der Waals surface area contributed by atoms with E-state index in [0.29, 0.717) is 17.4 Å². The first-order chi connectivity index (χ1) is 8.08. The lowest BCUT2D eigenvalue weighted by molar-refractivity contribution is 0.479. The molecule has 0 saturated heterocycles. The smallest absolute Gasteiger partial charge is 0.178 e. The second-order valence-corrected chi connectivity index (χ2v) is 7.26. The largest absolute Gasteiger partial charge is 0.307 e. The van der Waals surface area contributed by atoms with Crippen molar-refractivity contribution < 1.29 is 8.42 Å². The van der Waals surface area contributed by atoms with Crippen molar-refractivity contribution in [2.24, 2.45) is 5.92 Å². The van der Waals surface area contributed by atoms with Gasteiger partial charge in [-0.15, -0.1) is 0 Å². The van der Waals surface area contributed by atoms with Crippen LogP contribution in [0, 0.1) is 5.92 Å². The zero-order valence-corrected chi connectivity index (χ0v) is 10.7. The van der Waals surface area contributed by atoms with E-state index in [9.17, 15) is 8.42 Å². The summed E-state index contributed by atoms with van der Waals surface area (Å²) < 4.78 is 23.9. The molecule has 1 aliphatic heterocycles. The number of fused-ring (bicyclic) bond motifs is 1. The van der Waals surface area contributed by atoms with Gasteiger partial charge in [0.25, 0.3) is 0 Å². The van der Waals surface area contributed by atoms with E-state index in [2.05, 4.69) is 12.2 Å². The number of hydrogen-bond acceptors (Lipinski definition) is 3. The van der Waals surface area contributed by atoms with Gasteiger partial charge in [0.05, 0.1) is 10.6 Å². The fraction of sp³-hybridized carbons (Fsp3) is 0.538. The van der Waals surface area contributed by atoms with Crippen molar-refractivity contribution in [3.63, 3.8) is 0 Å². The molecule has 1 heterocycles. The molecule has 3 unspecified atom stereocenters. The molecule has 17 heavy (non-hydrogen) atoms. The number of hydrogen-bond donors (Lipinski definition) is 1. The monoisotopic (exact) mass is 251 g/mol. The van der Waals surface area contributed by atoms with Gasteiger partial charge in [0, 0.05) is 12.1 Å². The minimum absolute atomic E-state index is 0.213. The summed E-state index contributed by atoms with van der Waals surface area (Å²) in [6.45, 7) is 2.23. The standard InChI is InChI=1S/C13H17NO2S/c1-9-8-12(9)14-11-6-7-17(15,16)13-5-3-2-4-10(11)13/h2-5,9,11-12,14H,6-8H2,1H3. The molecule has 1 saturated carbocycles. The zero-order chi connectivity index (χ0) is 12.0. The highest BCUT2D eigenvalue weighted by Crippen LogP contribution is 2.37. The van der Waals surface area contributed by atoms with E-state index in [0.717, 1.165) is 11.5 Å². The Bertz CT molecular complexity index is 538. The molecule has 1 aromatic carbocycles. The first-order valence-corrected chi connectivity index (χ1v) is 7.81. The Kier molecular flexibility index (Phi) is 2.52. The average Bonchev–Trinajstić information content (AvgIpc) is 2.99. The molecule has 0 radical (unpaired) electrons. The summed E-state index contributed by atoms with van der Waals surface area (Å²) in [6.07, 6.45) is 1.91. The number of nitrogens with one attached hydrogen (secondary N) is 1. The van der Waals surface area contributed by atoms with Crippen LogP contribution < -0.4 is 5.32 Å². The molecule has 3 rings (SSSR count). The SMILES string of the molecule is CC1CC1NC1CCS(=O)(=O)c2ccccc21.